The van der Waals surface area contributed by atoms with Gasteiger partial charge in [0.25, 0.3) is 0 Å². The van der Waals surface area contributed by atoms with E-state index in [2.05, 4.69) is 25.8 Å². The van der Waals surface area contributed by atoms with Gasteiger partial charge >= 0.3 is 10.1 Å². The van der Waals surface area contributed by atoms with Crippen LogP contribution in [0.15, 0.2) is 82.1 Å². The summed E-state index contributed by atoms with van der Waals surface area (Å²) < 4.78 is 36.4. The lowest BCUT2D eigenvalue weighted by atomic mass is 9.87. The van der Waals surface area contributed by atoms with Gasteiger partial charge in [-0.25, -0.2) is 4.98 Å². The number of aromatic nitrogens is 1. The van der Waals surface area contributed by atoms with Gasteiger partial charge in [-0.2, -0.15) is 8.42 Å². The second-order valence-corrected chi connectivity index (χ2v) is 9.37. The average molecular weight is 407 g/mol. The molecule has 1 heterocycles. The number of hydrogen-bond donors (Lipinski definition) is 0. The van der Waals surface area contributed by atoms with Gasteiger partial charge in [0.15, 0.2) is 5.58 Å². The van der Waals surface area contributed by atoms with Crippen LogP contribution in [0.25, 0.3) is 22.6 Å². The van der Waals surface area contributed by atoms with E-state index in [0.29, 0.717) is 17.0 Å². The zero-order valence-corrected chi connectivity index (χ0v) is 17.2. The molecular formula is C23H21NO4S. The molecule has 0 bridgehead atoms. The molecule has 148 valence electrons. The lowest BCUT2D eigenvalue weighted by Gasteiger charge is -2.19. The van der Waals surface area contributed by atoms with Gasteiger partial charge in [-0.3, -0.25) is 0 Å². The second kappa shape index (κ2) is 7.04. The maximum atomic E-state index is 12.7. The standard InChI is InChI=1S/C23H21NO4S/c1-23(2,3)17-9-12-19(13-10-17)29(25,26)28-18-11-14-20-21(15-18)27-22(24-20)16-7-5-4-6-8-16/h4-15H,1-3H3. The maximum Gasteiger partial charge on any atom is 0.339 e. The fourth-order valence-corrected chi connectivity index (χ4v) is 3.88. The number of fused-ring (bicyclic) bond motifs is 1. The molecule has 0 aliphatic rings. The van der Waals surface area contributed by atoms with Crippen molar-refractivity contribution in [3.63, 3.8) is 0 Å². The highest BCUT2D eigenvalue weighted by Gasteiger charge is 2.20. The zero-order chi connectivity index (χ0) is 20.6. The SMILES string of the molecule is CC(C)(C)c1ccc(S(=O)(=O)Oc2ccc3nc(-c4ccccc4)oc3c2)cc1. The van der Waals surface area contributed by atoms with Gasteiger partial charge in [-0.05, 0) is 47.4 Å². The number of benzene rings is 3. The van der Waals surface area contributed by atoms with E-state index < -0.39 is 10.1 Å². The molecule has 29 heavy (non-hydrogen) atoms. The quantitative estimate of drug-likeness (QED) is 0.414. The van der Waals surface area contributed by atoms with Crippen LogP contribution in [0.1, 0.15) is 26.3 Å². The minimum Gasteiger partial charge on any atom is -0.436 e. The smallest absolute Gasteiger partial charge is 0.339 e. The van der Waals surface area contributed by atoms with Crippen LogP contribution >= 0.6 is 0 Å². The van der Waals surface area contributed by atoms with E-state index in [0.717, 1.165) is 11.1 Å². The third-order valence-electron chi connectivity index (χ3n) is 4.60. The average Bonchev–Trinajstić information content (AvgIpc) is 3.11. The van der Waals surface area contributed by atoms with Crippen molar-refractivity contribution in [1.29, 1.82) is 0 Å². The Balaban J connectivity index is 1.61. The molecule has 0 fully saturated rings. The molecule has 0 unspecified atom stereocenters. The van der Waals surface area contributed by atoms with Gasteiger partial charge in [-0.15, -0.1) is 0 Å². The predicted octanol–water partition coefficient (Wildman–Crippen LogP) is 5.56. The maximum absolute atomic E-state index is 12.7. The first-order chi connectivity index (χ1) is 13.7. The van der Waals surface area contributed by atoms with Gasteiger partial charge in [0, 0.05) is 11.6 Å². The van der Waals surface area contributed by atoms with Crippen molar-refractivity contribution in [2.75, 3.05) is 0 Å². The first-order valence-electron chi connectivity index (χ1n) is 9.23. The lowest BCUT2D eigenvalue weighted by Crippen LogP contribution is -2.13. The summed E-state index contributed by atoms with van der Waals surface area (Å²) in [6, 6.07) is 21.0. The number of nitrogens with zero attached hydrogens (tertiary/aromatic N) is 1. The number of rotatable bonds is 4. The van der Waals surface area contributed by atoms with Gasteiger partial charge in [0.1, 0.15) is 16.2 Å². The van der Waals surface area contributed by atoms with Crippen LogP contribution in [-0.2, 0) is 15.5 Å². The van der Waals surface area contributed by atoms with E-state index in [1.54, 1.807) is 24.3 Å². The monoisotopic (exact) mass is 407 g/mol. The van der Waals surface area contributed by atoms with Crippen LogP contribution in [0.5, 0.6) is 5.75 Å². The highest BCUT2D eigenvalue weighted by molar-refractivity contribution is 7.87. The molecule has 4 rings (SSSR count). The van der Waals surface area contributed by atoms with Crippen LogP contribution in [0, 0.1) is 0 Å². The summed E-state index contributed by atoms with van der Waals surface area (Å²) in [5, 5.41) is 0. The summed E-state index contributed by atoms with van der Waals surface area (Å²) in [5.41, 5.74) is 2.92. The molecule has 0 aliphatic heterocycles. The lowest BCUT2D eigenvalue weighted by molar-refractivity contribution is 0.485. The Hall–Kier alpha value is -3.12. The summed E-state index contributed by atoms with van der Waals surface area (Å²) in [5.74, 6) is 0.645. The number of oxazole rings is 1. The predicted molar refractivity (Wildman–Crippen MR) is 112 cm³/mol. The molecule has 0 spiro atoms. The van der Waals surface area contributed by atoms with Crippen LogP contribution in [0.3, 0.4) is 0 Å². The summed E-state index contributed by atoms with van der Waals surface area (Å²) >= 11 is 0. The largest absolute Gasteiger partial charge is 0.436 e. The fourth-order valence-electron chi connectivity index (χ4n) is 2.96. The first-order valence-corrected chi connectivity index (χ1v) is 10.6. The molecule has 0 radical (unpaired) electrons. The normalized spacial score (nSPS) is 12.2. The highest BCUT2D eigenvalue weighted by atomic mass is 32.2. The minimum atomic E-state index is -3.95. The molecule has 0 N–H and O–H groups in total. The molecule has 0 saturated heterocycles. The van der Waals surface area contributed by atoms with E-state index in [1.807, 2.05) is 42.5 Å². The minimum absolute atomic E-state index is 0.0586. The Labute approximate surface area is 170 Å². The van der Waals surface area contributed by atoms with Gasteiger partial charge in [0.05, 0.1) is 0 Å². The third-order valence-corrected chi connectivity index (χ3v) is 5.86. The summed E-state index contributed by atoms with van der Waals surface area (Å²) in [7, 11) is -3.95. The van der Waals surface area contributed by atoms with E-state index in [4.69, 9.17) is 8.60 Å². The van der Waals surface area contributed by atoms with Gasteiger partial charge in [0.2, 0.25) is 5.89 Å². The van der Waals surface area contributed by atoms with Crippen LogP contribution < -0.4 is 4.18 Å². The van der Waals surface area contributed by atoms with Crippen molar-refractivity contribution < 1.29 is 17.0 Å². The van der Waals surface area contributed by atoms with Crippen molar-refractivity contribution in [2.24, 2.45) is 0 Å². The fraction of sp³-hybridized carbons (Fsp3) is 0.174. The summed E-state index contributed by atoms with van der Waals surface area (Å²) in [6.45, 7) is 6.22. The van der Waals surface area contributed by atoms with Gasteiger partial charge < -0.3 is 8.60 Å². The third kappa shape index (κ3) is 4.03. The molecule has 0 amide bonds. The molecule has 0 aliphatic carbocycles. The molecule has 4 aromatic rings. The zero-order valence-electron chi connectivity index (χ0n) is 16.4. The molecule has 0 atom stereocenters. The van der Waals surface area contributed by atoms with Crippen LogP contribution in [0.2, 0.25) is 0 Å². The van der Waals surface area contributed by atoms with Crippen molar-refractivity contribution >= 4 is 21.2 Å². The van der Waals surface area contributed by atoms with Crippen LogP contribution in [0.4, 0.5) is 0 Å². The summed E-state index contributed by atoms with van der Waals surface area (Å²) in [4.78, 5) is 4.54. The van der Waals surface area contributed by atoms with Gasteiger partial charge in [-0.1, -0.05) is 51.1 Å². The molecular weight excluding hydrogens is 386 g/mol. The van der Waals surface area contributed by atoms with Crippen molar-refractivity contribution in [3.05, 3.63) is 78.4 Å². The van der Waals surface area contributed by atoms with Crippen molar-refractivity contribution in [2.45, 2.75) is 31.1 Å². The molecule has 3 aromatic carbocycles. The summed E-state index contributed by atoms with van der Waals surface area (Å²) in [6.07, 6.45) is 0. The Morgan fingerprint density at radius 2 is 1.59 bits per heavy atom. The van der Waals surface area contributed by atoms with E-state index in [-0.39, 0.29) is 16.1 Å². The Kier molecular flexibility index (Phi) is 4.67. The second-order valence-electron chi connectivity index (χ2n) is 7.83. The Morgan fingerprint density at radius 1 is 0.897 bits per heavy atom. The molecule has 6 heteroatoms. The Morgan fingerprint density at radius 3 is 2.24 bits per heavy atom. The molecule has 0 saturated carbocycles. The topological polar surface area (TPSA) is 69.4 Å². The van der Waals surface area contributed by atoms with Crippen LogP contribution in [-0.4, -0.2) is 13.4 Å². The van der Waals surface area contributed by atoms with E-state index in [1.165, 1.54) is 6.07 Å². The van der Waals surface area contributed by atoms with Crippen molar-refractivity contribution in [3.8, 4) is 17.2 Å². The highest BCUT2D eigenvalue weighted by Crippen LogP contribution is 2.29. The number of hydrogen-bond acceptors (Lipinski definition) is 5. The van der Waals surface area contributed by atoms with E-state index in [9.17, 15) is 8.42 Å². The van der Waals surface area contributed by atoms with E-state index >= 15 is 0 Å². The van der Waals surface area contributed by atoms with Crippen molar-refractivity contribution in [1.82, 2.24) is 4.98 Å². The molecule has 1 aromatic heterocycles. The molecule has 5 nitrogen and oxygen atoms in total. The Bertz CT molecular complexity index is 1250. The first kappa shape index (κ1) is 19.2.